The second-order valence-corrected chi connectivity index (χ2v) is 9.31. The average molecular weight is 542 g/mol. The van der Waals surface area contributed by atoms with Crippen LogP contribution in [0.3, 0.4) is 0 Å². The van der Waals surface area contributed by atoms with Crippen molar-refractivity contribution in [1.29, 1.82) is 0 Å². The first-order valence-corrected chi connectivity index (χ1v) is 11.9. The predicted octanol–water partition coefficient (Wildman–Crippen LogP) is 4.12. The molecule has 3 aromatic rings. The summed E-state index contributed by atoms with van der Waals surface area (Å²) in [6, 6.07) is 6.93. The van der Waals surface area contributed by atoms with Gasteiger partial charge in [0.25, 0.3) is 17.5 Å². The van der Waals surface area contributed by atoms with E-state index < -0.39 is 10.8 Å². The van der Waals surface area contributed by atoms with E-state index in [4.69, 9.17) is 0 Å². The summed E-state index contributed by atoms with van der Waals surface area (Å²) in [5, 5.41) is 31.6. The summed E-state index contributed by atoms with van der Waals surface area (Å²) in [5.74, 6) is -0.709. The molecule has 1 aliphatic carbocycles. The van der Waals surface area contributed by atoms with Crippen molar-refractivity contribution in [2.75, 3.05) is 12.4 Å². The van der Waals surface area contributed by atoms with Crippen molar-refractivity contribution in [1.82, 2.24) is 15.6 Å². The maximum absolute atomic E-state index is 13.2. The van der Waals surface area contributed by atoms with Gasteiger partial charge < -0.3 is 21.1 Å². The molecule has 0 unspecified atom stereocenters. The van der Waals surface area contributed by atoms with Crippen LogP contribution in [0, 0.1) is 10.1 Å². The lowest BCUT2D eigenvalue weighted by molar-refractivity contribution is -0.384. The number of rotatable bonds is 6. The normalized spacial score (nSPS) is 17.5. The molecular formula is C24H24BrN5O5. The van der Waals surface area contributed by atoms with Crippen LogP contribution in [0.4, 0.5) is 11.4 Å². The van der Waals surface area contributed by atoms with Crippen molar-refractivity contribution in [2.24, 2.45) is 0 Å². The van der Waals surface area contributed by atoms with Gasteiger partial charge in [-0.1, -0.05) is 28.8 Å². The molecule has 1 aliphatic rings. The van der Waals surface area contributed by atoms with E-state index in [2.05, 4.69) is 36.9 Å². The molecule has 2 amide bonds. The van der Waals surface area contributed by atoms with Crippen LogP contribution in [0.25, 0.3) is 10.8 Å². The van der Waals surface area contributed by atoms with Crippen molar-refractivity contribution in [3.63, 3.8) is 0 Å². The lowest BCUT2D eigenvalue weighted by atomic mass is 9.89. The minimum Gasteiger partial charge on any atom is -0.508 e. The van der Waals surface area contributed by atoms with Crippen molar-refractivity contribution in [3.8, 4) is 5.75 Å². The summed E-state index contributed by atoms with van der Waals surface area (Å²) < 4.78 is 0.413. The number of amides is 2. The Kier molecular flexibility index (Phi) is 7.15. The number of aromatic hydroxyl groups is 1. The fourth-order valence-electron chi connectivity index (χ4n) is 4.45. The predicted molar refractivity (Wildman–Crippen MR) is 135 cm³/mol. The molecule has 1 aromatic heterocycles. The zero-order valence-electron chi connectivity index (χ0n) is 18.9. The SMILES string of the molecule is CNC(=O)c1cc(Br)cc([N+](=O)[O-])c1N[C@@H]1CCCC[C@@H]1NC(=O)c1cncc2cc(O)ccc12. The number of hydrogen-bond donors (Lipinski definition) is 4. The molecule has 182 valence electrons. The maximum Gasteiger partial charge on any atom is 0.294 e. The zero-order valence-corrected chi connectivity index (χ0v) is 20.5. The van der Waals surface area contributed by atoms with Crippen LogP contribution in [0.1, 0.15) is 46.4 Å². The molecule has 0 bridgehead atoms. The maximum atomic E-state index is 13.2. The van der Waals surface area contributed by atoms with E-state index in [0.29, 0.717) is 33.7 Å². The van der Waals surface area contributed by atoms with Crippen molar-refractivity contribution in [2.45, 2.75) is 37.8 Å². The highest BCUT2D eigenvalue weighted by Gasteiger charge is 2.31. The molecule has 4 rings (SSSR count). The number of carbonyl (C=O) groups excluding carboxylic acids is 2. The third kappa shape index (κ3) is 5.19. The van der Waals surface area contributed by atoms with E-state index in [-0.39, 0.29) is 40.7 Å². The Morgan fingerprint density at radius 1 is 1.09 bits per heavy atom. The number of carbonyl (C=O) groups is 2. The number of pyridine rings is 1. The summed E-state index contributed by atoms with van der Waals surface area (Å²) in [4.78, 5) is 41.1. The molecular weight excluding hydrogens is 518 g/mol. The highest BCUT2D eigenvalue weighted by atomic mass is 79.9. The van der Waals surface area contributed by atoms with Gasteiger partial charge in [-0.05, 0) is 42.5 Å². The molecule has 1 fully saturated rings. The lowest BCUT2D eigenvalue weighted by Gasteiger charge is -2.34. The third-order valence-corrected chi connectivity index (χ3v) is 6.61. The van der Waals surface area contributed by atoms with E-state index >= 15 is 0 Å². The Balaban J connectivity index is 1.64. The second kappa shape index (κ2) is 10.3. The highest BCUT2D eigenvalue weighted by Crippen LogP contribution is 2.35. The zero-order chi connectivity index (χ0) is 25.1. The summed E-state index contributed by atoms with van der Waals surface area (Å²) in [6.45, 7) is 0. The quantitative estimate of drug-likeness (QED) is 0.271. The number of nitrogens with zero attached hydrogens (tertiary/aromatic N) is 2. The molecule has 0 radical (unpaired) electrons. The van der Waals surface area contributed by atoms with Crippen molar-refractivity contribution in [3.05, 3.63) is 68.4 Å². The number of aromatic nitrogens is 1. The topological polar surface area (TPSA) is 146 Å². The molecule has 2 aromatic carbocycles. The van der Waals surface area contributed by atoms with Crippen LogP contribution in [0.5, 0.6) is 5.75 Å². The Hall–Kier alpha value is -3.73. The molecule has 10 nitrogen and oxygen atoms in total. The van der Waals surface area contributed by atoms with Gasteiger partial charge in [0.05, 0.1) is 16.1 Å². The molecule has 2 atom stereocenters. The van der Waals surface area contributed by atoms with Crippen LogP contribution in [-0.2, 0) is 0 Å². The van der Waals surface area contributed by atoms with Gasteiger partial charge in [-0.15, -0.1) is 0 Å². The minimum atomic E-state index is -0.535. The number of anilines is 1. The summed E-state index contributed by atoms with van der Waals surface area (Å²) in [5.41, 5.74) is 0.396. The number of benzene rings is 2. The number of nitrogens with one attached hydrogen (secondary N) is 3. The number of fused-ring (bicyclic) bond motifs is 1. The minimum absolute atomic E-state index is 0.0800. The van der Waals surface area contributed by atoms with Crippen molar-refractivity contribution < 1.29 is 19.6 Å². The van der Waals surface area contributed by atoms with Gasteiger partial charge in [-0.25, -0.2) is 0 Å². The van der Waals surface area contributed by atoms with Gasteiger partial charge in [0, 0.05) is 47.5 Å². The Bertz CT molecular complexity index is 1310. The van der Waals surface area contributed by atoms with E-state index in [9.17, 15) is 24.8 Å². The van der Waals surface area contributed by atoms with E-state index in [0.717, 1.165) is 12.8 Å². The highest BCUT2D eigenvalue weighted by molar-refractivity contribution is 9.10. The number of nitro groups is 1. The van der Waals surface area contributed by atoms with Crippen LogP contribution < -0.4 is 16.0 Å². The molecule has 4 N–H and O–H groups in total. The molecule has 0 aliphatic heterocycles. The monoisotopic (exact) mass is 541 g/mol. The number of phenolic OH excluding ortho intramolecular Hbond substituents is 1. The first kappa shape index (κ1) is 24.4. The fourth-order valence-corrected chi connectivity index (χ4v) is 4.90. The molecule has 1 saturated carbocycles. The van der Waals surface area contributed by atoms with Gasteiger partial charge in [-0.3, -0.25) is 24.7 Å². The largest absolute Gasteiger partial charge is 0.508 e. The molecule has 0 spiro atoms. The van der Waals surface area contributed by atoms with Gasteiger partial charge in [-0.2, -0.15) is 0 Å². The van der Waals surface area contributed by atoms with Crippen LogP contribution >= 0.6 is 15.9 Å². The average Bonchev–Trinajstić information content (AvgIpc) is 2.84. The van der Waals surface area contributed by atoms with Gasteiger partial charge >= 0.3 is 0 Å². The fraction of sp³-hybridized carbons (Fsp3) is 0.292. The first-order valence-electron chi connectivity index (χ1n) is 11.1. The number of nitro benzene ring substituents is 1. The first-order chi connectivity index (χ1) is 16.8. The number of hydrogen-bond acceptors (Lipinski definition) is 7. The van der Waals surface area contributed by atoms with E-state index in [1.54, 1.807) is 12.3 Å². The Morgan fingerprint density at radius 2 is 1.83 bits per heavy atom. The summed E-state index contributed by atoms with van der Waals surface area (Å²) in [6.07, 6.45) is 6.14. The molecule has 35 heavy (non-hydrogen) atoms. The van der Waals surface area contributed by atoms with Gasteiger partial charge in [0.1, 0.15) is 11.4 Å². The smallest absolute Gasteiger partial charge is 0.294 e. The summed E-state index contributed by atoms with van der Waals surface area (Å²) >= 11 is 3.24. The number of halogens is 1. The molecule has 11 heteroatoms. The Morgan fingerprint density at radius 3 is 2.54 bits per heavy atom. The second-order valence-electron chi connectivity index (χ2n) is 8.39. The standard InChI is InChI=1S/C24H24BrN5O5/c1-26-23(32)17-9-14(25)10-21(30(34)35)22(17)28-19-4-2-3-5-20(19)29-24(33)18-12-27-11-13-8-15(31)6-7-16(13)18/h6-12,19-20,28,31H,2-5H2,1H3,(H,26,32)(H,29,33)/t19-,20+/m1/s1. The Labute approximate surface area is 209 Å². The third-order valence-electron chi connectivity index (χ3n) is 6.15. The van der Waals surface area contributed by atoms with Crippen LogP contribution in [0.2, 0.25) is 0 Å². The molecule has 1 heterocycles. The van der Waals surface area contributed by atoms with E-state index in [1.807, 2.05) is 0 Å². The molecule has 0 saturated heterocycles. The van der Waals surface area contributed by atoms with E-state index in [1.165, 1.54) is 37.5 Å². The van der Waals surface area contributed by atoms with Gasteiger partial charge in [0.15, 0.2) is 0 Å². The van der Waals surface area contributed by atoms with Crippen LogP contribution in [-0.4, -0.2) is 46.0 Å². The van der Waals surface area contributed by atoms with Crippen molar-refractivity contribution >= 4 is 49.9 Å². The lowest BCUT2D eigenvalue weighted by Crippen LogP contribution is -2.48. The van der Waals surface area contributed by atoms with Gasteiger partial charge in [0.2, 0.25) is 0 Å². The summed E-state index contributed by atoms with van der Waals surface area (Å²) in [7, 11) is 1.46. The number of phenols is 1. The van der Waals surface area contributed by atoms with Crippen LogP contribution in [0.15, 0.2) is 47.2 Å².